The Hall–Kier alpha value is -2.05. The Morgan fingerprint density at radius 3 is 3.14 bits per heavy atom. The molecule has 0 bridgehead atoms. The van der Waals surface area contributed by atoms with Crippen LogP contribution in [-0.2, 0) is 18.3 Å². The van der Waals surface area contributed by atoms with Crippen molar-refractivity contribution < 1.29 is 14.2 Å². The lowest BCUT2D eigenvalue weighted by molar-refractivity contribution is 0.0918. The maximum atomic E-state index is 5.89. The topological polar surface area (TPSA) is 57.5 Å². The molecule has 1 aromatic heterocycles. The summed E-state index contributed by atoms with van der Waals surface area (Å²) in [5.74, 6) is 1.68. The molecule has 0 amide bonds. The van der Waals surface area contributed by atoms with Gasteiger partial charge in [-0.15, -0.1) is 0 Å². The van der Waals surface area contributed by atoms with E-state index in [1.54, 1.807) is 0 Å². The normalized spacial score (nSPS) is 23.1. The number of aryl methyl sites for hydroxylation is 1. The van der Waals surface area contributed by atoms with Gasteiger partial charge in [0.1, 0.15) is 6.10 Å². The summed E-state index contributed by atoms with van der Waals surface area (Å²) in [4.78, 5) is 0. The van der Waals surface area contributed by atoms with Gasteiger partial charge >= 0.3 is 0 Å². The minimum absolute atomic E-state index is 0.0430. The Bertz CT molecular complexity index is 670. The van der Waals surface area contributed by atoms with Crippen molar-refractivity contribution in [3.63, 3.8) is 0 Å². The molecule has 2 atom stereocenters. The van der Waals surface area contributed by atoms with Crippen LogP contribution in [0.25, 0.3) is 0 Å². The second-order valence-corrected chi connectivity index (χ2v) is 5.60. The number of fused-ring (bicyclic) bond motifs is 1. The maximum absolute atomic E-state index is 5.89. The molecule has 116 valence electrons. The Morgan fingerprint density at radius 1 is 1.32 bits per heavy atom. The number of hydrogen-bond donors (Lipinski definition) is 1. The molecule has 2 aromatic rings. The lowest BCUT2D eigenvalue weighted by atomic mass is 10.1. The van der Waals surface area contributed by atoms with Crippen molar-refractivity contribution in [2.75, 3.05) is 13.4 Å². The standard InChI is InChI=1S/C16H19N3O3/c1-19-13(5-7-18-19)16-12(6-8-20-16)17-9-11-3-2-4-14-15(11)22-10-21-14/h2-5,7,12,16-17H,6,8-10H2,1H3/t12-,16-/m0/s1. The molecular formula is C16H19N3O3. The van der Waals surface area contributed by atoms with Crippen molar-refractivity contribution in [3.8, 4) is 11.5 Å². The van der Waals surface area contributed by atoms with Crippen LogP contribution in [0.3, 0.4) is 0 Å². The molecule has 0 spiro atoms. The van der Waals surface area contributed by atoms with Crippen molar-refractivity contribution in [2.45, 2.75) is 25.1 Å². The van der Waals surface area contributed by atoms with Crippen molar-refractivity contribution in [1.29, 1.82) is 0 Å². The number of aromatic nitrogens is 2. The van der Waals surface area contributed by atoms with Gasteiger partial charge in [-0.2, -0.15) is 5.10 Å². The third-order valence-electron chi connectivity index (χ3n) is 4.27. The molecule has 1 N–H and O–H groups in total. The molecule has 4 rings (SSSR count). The molecule has 2 aliphatic rings. The highest BCUT2D eigenvalue weighted by molar-refractivity contribution is 5.48. The molecule has 6 heteroatoms. The number of ether oxygens (including phenoxy) is 3. The van der Waals surface area contributed by atoms with Gasteiger partial charge in [-0.05, 0) is 18.6 Å². The van der Waals surface area contributed by atoms with Gasteiger partial charge in [0.15, 0.2) is 11.5 Å². The monoisotopic (exact) mass is 301 g/mol. The van der Waals surface area contributed by atoms with Gasteiger partial charge in [0.2, 0.25) is 6.79 Å². The quantitative estimate of drug-likeness (QED) is 0.932. The van der Waals surface area contributed by atoms with Crippen LogP contribution in [0.2, 0.25) is 0 Å². The smallest absolute Gasteiger partial charge is 0.231 e. The molecule has 6 nitrogen and oxygen atoms in total. The Balaban J connectivity index is 1.48. The highest BCUT2D eigenvalue weighted by atomic mass is 16.7. The van der Waals surface area contributed by atoms with E-state index in [0.717, 1.165) is 42.3 Å². The first-order chi connectivity index (χ1) is 10.8. The van der Waals surface area contributed by atoms with E-state index in [1.807, 2.05) is 36.1 Å². The molecule has 22 heavy (non-hydrogen) atoms. The predicted octanol–water partition coefficient (Wildman–Crippen LogP) is 1.77. The third kappa shape index (κ3) is 2.34. The van der Waals surface area contributed by atoms with Gasteiger partial charge in [0.05, 0.1) is 5.69 Å². The molecule has 0 unspecified atom stereocenters. The first kappa shape index (κ1) is 13.6. The van der Waals surface area contributed by atoms with Gasteiger partial charge < -0.3 is 19.5 Å². The summed E-state index contributed by atoms with van der Waals surface area (Å²) in [6, 6.07) is 8.28. The second-order valence-electron chi connectivity index (χ2n) is 5.60. The van der Waals surface area contributed by atoms with Crippen LogP contribution in [0.1, 0.15) is 23.8 Å². The summed E-state index contributed by atoms with van der Waals surface area (Å²) >= 11 is 0. The number of rotatable bonds is 4. The van der Waals surface area contributed by atoms with Crippen molar-refractivity contribution in [2.24, 2.45) is 7.05 Å². The van der Waals surface area contributed by atoms with Gasteiger partial charge in [-0.1, -0.05) is 12.1 Å². The molecule has 1 saturated heterocycles. The number of benzene rings is 1. The van der Waals surface area contributed by atoms with Crippen LogP contribution in [0, 0.1) is 0 Å². The molecule has 1 fully saturated rings. The fraction of sp³-hybridized carbons (Fsp3) is 0.438. The van der Waals surface area contributed by atoms with E-state index in [4.69, 9.17) is 14.2 Å². The van der Waals surface area contributed by atoms with Crippen LogP contribution in [-0.4, -0.2) is 29.2 Å². The van der Waals surface area contributed by atoms with Crippen LogP contribution in [0.15, 0.2) is 30.5 Å². The summed E-state index contributed by atoms with van der Waals surface area (Å²) in [7, 11) is 1.95. The Morgan fingerprint density at radius 2 is 2.27 bits per heavy atom. The highest BCUT2D eigenvalue weighted by Crippen LogP contribution is 2.36. The zero-order valence-corrected chi connectivity index (χ0v) is 12.5. The zero-order chi connectivity index (χ0) is 14.9. The molecule has 0 saturated carbocycles. The minimum atomic E-state index is 0.0430. The molecule has 2 aliphatic heterocycles. The van der Waals surface area contributed by atoms with Crippen LogP contribution in [0.5, 0.6) is 11.5 Å². The van der Waals surface area contributed by atoms with Gasteiger partial charge in [0.25, 0.3) is 0 Å². The molecule has 1 aromatic carbocycles. The summed E-state index contributed by atoms with van der Waals surface area (Å²) < 4.78 is 18.7. The van der Waals surface area contributed by atoms with Gasteiger partial charge in [0, 0.05) is 38.0 Å². The van der Waals surface area contributed by atoms with Crippen molar-refractivity contribution >= 4 is 0 Å². The van der Waals surface area contributed by atoms with E-state index in [0.29, 0.717) is 6.79 Å². The zero-order valence-electron chi connectivity index (χ0n) is 12.5. The SMILES string of the molecule is Cn1nccc1[C@H]1OCC[C@@H]1NCc1cccc2c1OCO2. The summed E-state index contributed by atoms with van der Waals surface area (Å²) in [5.41, 5.74) is 2.22. The highest BCUT2D eigenvalue weighted by Gasteiger charge is 2.31. The molecule has 0 aliphatic carbocycles. The summed E-state index contributed by atoms with van der Waals surface area (Å²) in [6.45, 7) is 1.80. The van der Waals surface area contributed by atoms with Gasteiger partial charge in [-0.3, -0.25) is 4.68 Å². The van der Waals surface area contributed by atoms with E-state index in [9.17, 15) is 0 Å². The lowest BCUT2D eigenvalue weighted by Gasteiger charge is -2.20. The Labute approximate surface area is 129 Å². The number of nitrogens with zero attached hydrogens (tertiary/aromatic N) is 2. The van der Waals surface area contributed by atoms with Crippen LogP contribution >= 0.6 is 0 Å². The number of hydrogen-bond acceptors (Lipinski definition) is 5. The fourth-order valence-electron chi connectivity index (χ4n) is 3.12. The first-order valence-corrected chi connectivity index (χ1v) is 7.53. The van der Waals surface area contributed by atoms with Crippen LogP contribution < -0.4 is 14.8 Å². The van der Waals surface area contributed by atoms with E-state index < -0.39 is 0 Å². The summed E-state index contributed by atoms with van der Waals surface area (Å²) in [5, 5.41) is 7.83. The minimum Gasteiger partial charge on any atom is -0.454 e. The third-order valence-corrected chi connectivity index (χ3v) is 4.27. The maximum Gasteiger partial charge on any atom is 0.231 e. The van der Waals surface area contributed by atoms with E-state index in [1.165, 1.54) is 0 Å². The lowest BCUT2D eigenvalue weighted by Crippen LogP contribution is -2.32. The average Bonchev–Trinajstić information content (AvgIpc) is 3.24. The molecule has 3 heterocycles. The van der Waals surface area contributed by atoms with E-state index >= 15 is 0 Å². The van der Waals surface area contributed by atoms with E-state index in [2.05, 4.69) is 16.5 Å². The largest absolute Gasteiger partial charge is 0.454 e. The van der Waals surface area contributed by atoms with Gasteiger partial charge in [-0.25, -0.2) is 0 Å². The second kappa shape index (κ2) is 5.62. The number of para-hydroxylation sites is 1. The van der Waals surface area contributed by atoms with Crippen molar-refractivity contribution in [1.82, 2.24) is 15.1 Å². The number of nitrogens with one attached hydrogen (secondary N) is 1. The van der Waals surface area contributed by atoms with Crippen LogP contribution in [0.4, 0.5) is 0 Å². The molecule has 0 radical (unpaired) electrons. The van der Waals surface area contributed by atoms with E-state index in [-0.39, 0.29) is 12.1 Å². The average molecular weight is 301 g/mol. The summed E-state index contributed by atoms with van der Waals surface area (Å²) in [6.07, 6.45) is 2.84. The first-order valence-electron chi connectivity index (χ1n) is 7.53. The fourth-order valence-corrected chi connectivity index (χ4v) is 3.12. The Kier molecular flexibility index (Phi) is 3.48. The predicted molar refractivity (Wildman–Crippen MR) is 79.7 cm³/mol. The molecular weight excluding hydrogens is 282 g/mol. The van der Waals surface area contributed by atoms with Crippen molar-refractivity contribution in [3.05, 3.63) is 41.7 Å².